The van der Waals surface area contributed by atoms with Crippen LogP contribution >= 0.6 is 0 Å². The number of fused-ring (bicyclic) bond motifs is 1. The van der Waals surface area contributed by atoms with Crippen LogP contribution in [0.4, 0.5) is 10.6 Å². The summed E-state index contributed by atoms with van der Waals surface area (Å²) in [7, 11) is 2.76. The molecule has 4 rings (SSSR count). The Morgan fingerprint density at radius 3 is 2.45 bits per heavy atom. The van der Waals surface area contributed by atoms with Crippen LogP contribution in [0.3, 0.4) is 0 Å². The van der Waals surface area contributed by atoms with Crippen molar-refractivity contribution in [1.29, 1.82) is 5.26 Å². The van der Waals surface area contributed by atoms with Crippen LogP contribution in [0, 0.1) is 11.3 Å². The second kappa shape index (κ2) is 12.8. The Kier molecular flexibility index (Phi) is 9.32. The van der Waals surface area contributed by atoms with Crippen molar-refractivity contribution in [2.45, 2.75) is 59.7 Å². The van der Waals surface area contributed by atoms with Crippen molar-refractivity contribution in [3.63, 3.8) is 0 Å². The zero-order chi connectivity index (χ0) is 32.3. The highest BCUT2D eigenvalue weighted by atomic mass is 16.6. The molecular weight excluding hydrogens is 566 g/mol. The molecule has 0 radical (unpaired) electrons. The Bertz CT molecular complexity index is 1780. The van der Waals surface area contributed by atoms with Gasteiger partial charge in [0.2, 0.25) is 0 Å². The summed E-state index contributed by atoms with van der Waals surface area (Å²) in [5, 5.41) is 10.4. The number of pyridine rings is 1. The molecule has 3 aromatic rings. The molecular formula is C31H39N7O6. The third-order valence-corrected chi connectivity index (χ3v) is 7.36. The average molecular weight is 606 g/mol. The number of aromatic nitrogens is 4. The second-order valence-corrected chi connectivity index (χ2v) is 11.9. The number of rotatable bonds is 6. The molecule has 0 aromatic carbocycles. The van der Waals surface area contributed by atoms with Crippen LogP contribution in [0.5, 0.6) is 0 Å². The molecule has 1 saturated heterocycles. The van der Waals surface area contributed by atoms with E-state index in [1.54, 1.807) is 15.5 Å². The molecule has 0 aliphatic carbocycles. The molecule has 1 aliphatic rings. The molecule has 0 spiro atoms. The first kappa shape index (κ1) is 32.1. The van der Waals surface area contributed by atoms with Crippen molar-refractivity contribution in [1.82, 2.24) is 23.6 Å². The van der Waals surface area contributed by atoms with Gasteiger partial charge in [-0.1, -0.05) is 11.6 Å². The number of esters is 1. The molecule has 0 atom stereocenters. The molecule has 0 N–H and O–H groups in total. The van der Waals surface area contributed by atoms with Crippen LogP contribution in [0.15, 0.2) is 39.6 Å². The molecule has 13 heteroatoms. The Balaban J connectivity index is 1.90. The van der Waals surface area contributed by atoms with Crippen LogP contribution in [-0.4, -0.2) is 74.5 Å². The van der Waals surface area contributed by atoms with Crippen LogP contribution < -0.4 is 16.1 Å². The maximum absolute atomic E-state index is 14.2. The Morgan fingerprint density at radius 2 is 1.82 bits per heavy atom. The van der Waals surface area contributed by atoms with Crippen molar-refractivity contribution < 1.29 is 19.1 Å². The number of nitrogens with zero attached hydrogens (tertiary/aromatic N) is 7. The van der Waals surface area contributed by atoms with E-state index >= 15 is 0 Å². The molecule has 1 aliphatic heterocycles. The number of ether oxygens (including phenoxy) is 2. The highest BCUT2D eigenvalue weighted by Gasteiger charge is 2.31. The number of anilines is 1. The maximum atomic E-state index is 14.2. The van der Waals surface area contributed by atoms with Gasteiger partial charge in [0.05, 0.1) is 30.4 Å². The Hall–Kier alpha value is -4.86. The quantitative estimate of drug-likeness (QED) is 0.306. The first-order valence-electron chi connectivity index (χ1n) is 14.4. The standard InChI is InChI=1S/C31H39N7O6/c1-20(2)11-15-37-25-24(22(18-32)26(37)35-13-9-14-36(17-16-35)30(42)44-31(3,4)5)34(6)29(41)38(27(25)39)19-23-21(28(40)43-7)10-8-12-33-23/h8,10-12H,9,13-17,19H2,1-7H3. The van der Waals surface area contributed by atoms with Gasteiger partial charge < -0.3 is 23.8 Å². The molecule has 4 heterocycles. The minimum Gasteiger partial charge on any atom is -0.465 e. The predicted octanol–water partition coefficient (Wildman–Crippen LogP) is 3.02. The fourth-order valence-corrected chi connectivity index (χ4v) is 5.30. The van der Waals surface area contributed by atoms with E-state index in [1.807, 2.05) is 45.6 Å². The lowest BCUT2D eigenvalue weighted by Gasteiger charge is -2.27. The normalized spacial score (nSPS) is 13.8. The first-order chi connectivity index (χ1) is 20.8. The number of carbonyl (C=O) groups excluding carboxylic acids is 2. The van der Waals surface area contributed by atoms with Gasteiger partial charge in [0, 0.05) is 46.0 Å². The zero-order valence-corrected chi connectivity index (χ0v) is 26.3. The van der Waals surface area contributed by atoms with Crippen molar-refractivity contribution in [2.24, 2.45) is 7.05 Å². The minimum atomic E-state index is -0.654. The van der Waals surface area contributed by atoms with Gasteiger partial charge >= 0.3 is 17.8 Å². The van der Waals surface area contributed by atoms with E-state index in [9.17, 15) is 24.4 Å². The topological polar surface area (TPSA) is 145 Å². The number of methoxy groups -OCH3 is 1. The van der Waals surface area contributed by atoms with E-state index in [0.29, 0.717) is 38.4 Å². The summed E-state index contributed by atoms with van der Waals surface area (Å²) in [6, 6.07) is 5.35. The fourth-order valence-electron chi connectivity index (χ4n) is 5.30. The summed E-state index contributed by atoms with van der Waals surface area (Å²) in [5.41, 5.74) is 0.0498. The zero-order valence-electron chi connectivity index (χ0n) is 26.3. The summed E-state index contributed by atoms with van der Waals surface area (Å²) >= 11 is 0. The molecule has 0 bridgehead atoms. The summed E-state index contributed by atoms with van der Waals surface area (Å²) in [5.74, 6) is -0.134. The maximum Gasteiger partial charge on any atom is 0.410 e. The number of amides is 1. The lowest BCUT2D eigenvalue weighted by Crippen LogP contribution is -2.40. The van der Waals surface area contributed by atoms with E-state index < -0.39 is 28.9 Å². The highest BCUT2D eigenvalue weighted by Crippen LogP contribution is 2.31. The van der Waals surface area contributed by atoms with Crippen molar-refractivity contribution in [3.05, 3.63) is 67.6 Å². The number of hydrogen-bond donors (Lipinski definition) is 0. The second-order valence-electron chi connectivity index (χ2n) is 11.9. The average Bonchev–Trinajstić information content (AvgIpc) is 3.10. The molecule has 0 saturated carbocycles. The lowest BCUT2D eigenvalue weighted by atomic mass is 10.2. The highest BCUT2D eigenvalue weighted by molar-refractivity contribution is 5.91. The summed E-state index contributed by atoms with van der Waals surface area (Å²) < 4.78 is 14.5. The van der Waals surface area contributed by atoms with Crippen LogP contribution in [0.1, 0.15) is 62.7 Å². The minimum absolute atomic E-state index is 0.140. The van der Waals surface area contributed by atoms with Crippen LogP contribution in [0.25, 0.3) is 11.0 Å². The van der Waals surface area contributed by atoms with Gasteiger partial charge in [0.25, 0.3) is 5.56 Å². The van der Waals surface area contributed by atoms with Crippen LogP contribution in [-0.2, 0) is 29.6 Å². The van der Waals surface area contributed by atoms with Gasteiger partial charge in [-0.2, -0.15) is 5.26 Å². The fraction of sp³-hybridized carbons (Fsp3) is 0.484. The largest absolute Gasteiger partial charge is 0.465 e. The Morgan fingerprint density at radius 1 is 1.09 bits per heavy atom. The smallest absolute Gasteiger partial charge is 0.410 e. The summed E-state index contributed by atoms with van der Waals surface area (Å²) in [4.78, 5) is 60.9. The van der Waals surface area contributed by atoms with E-state index in [2.05, 4.69) is 11.1 Å². The predicted molar refractivity (Wildman–Crippen MR) is 165 cm³/mol. The molecule has 234 valence electrons. The molecule has 1 fully saturated rings. The molecule has 44 heavy (non-hydrogen) atoms. The SMILES string of the molecule is COC(=O)c1cccnc1Cn1c(=O)c2c(c(C#N)c(N3CCCN(C(=O)OC(C)(C)C)CC3)n2CC=C(C)C)n(C)c1=O. The Labute approximate surface area is 255 Å². The number of hydrogen-bond acceptors (Lipinski definition) is 9. The monoisotopic (exact) mass is 605 g/mol. The van der Waals surface area contributed by atoms with Gasteiger partial charge in [0.15, 0.2) is 0 Å². The van der Waals surface area contributed by atoms with Gasteiger partial charge in [-0.25, -0.2) is 14.4 Å². The van der Waals surface area contributed by atoms with Gasteiger partial charge in [-0.3, -0.25) is 18.9 Å². The van der Waals surface area contributed by atoms with Crippen molar-refractivity contribution in [2.75, 3.05) is 38.2 Å². The molecule has 1 amide bonds. The molecule has 3 aromatic heterocycles. The van der Waals surface area contributed by atoms with Gasteiger partial charge in [0.1, 0.15) is 28.6 Å². The molecule has 13 nitrogen and oxygen atoms in total. The third kappa shape index (κ3) is 6.39. The molecule has 0 unspecified atom stereocenters. The lowest BCUT2D eigenvalue weighted by molar-refractivity contribution is 0.0263. The van der Waals surface area contributed by atoms with Crippen molar-refractivity contribution >= 4 is 28.9 Å². The van der Waals surface area contributed by atoms with Crippen LogP contribution in [0.2, 0.25) is 0 Å². The third-order valence-electron chi connectivity index (χ3n) is 7.36. The van der Waals surface area contributed by atoms with E-state index in [4.69, 9.17) is 9.47 Å². The number of nitriles is 1. The summed E-state index contributed by atoms with van der Waals surface area (Å²) in [6.45, 7) is 11.0. The van der Waals surface area contributed by atoms with Gasteiger partial charge in [-0.15, -0.1) is 0 Å². The number of allylic oxidation sites excluding steroid dienone is 2. The van der Waals surface area contributed by atoms with Crippen molar-refractivity contribution in [3.8, 4) is 6.07 Å². The van der Waals surface area contributed by atoms with E-state index in [-0.39, 0.29) is 40.9 Å². The number of aryl methyl sites for hydroxylation is 1. The summed E-state index contributed by atoms with van der Waals surface area (Å²) in [6.07, 6.45) is 3.61. The van der Waals surface area contributed by atoms with E-state index in [0.717, 1.165) is 10.1 Å². The number of carbonyl (C=O) groups is 2. The van der Waals surface area contributed by atoms with E-state index in [1.165, 1.54) is 31.0 Å². The van der Waals surface area contributed by atoms with Gasteiger partial charge in [-0.05, 0) is 53.2 Å². The first-order valence-corrected chi connectivity index (χ1v) is 14.4.